The quantitative estimate of drug-likeness (QED) is 0.531. The number of amides is 2. The molecule has 0 radical (unpaired) electrons. The van der Waals surface area contributed by atoms with Gasteiger partial charge in [-0.2, -0.15) is 0 Å². The SMILES string of the molecule is O=C(Nc1ccc(F)c(Cl)c1)c1ccc([C@H]2SCC(=O)N2CCc2ccccc2)cc1. The van der Waals surface area contributed by atoms with Crippen molar-refractivity contribution in [1.82, 2.24) is 4.90 Å². The van der Waals surface area contributed by atoms with Crippen LogP contribution in [0.3, 0.4) is 0 Å². The van der Waals surface area contributed by atoms with Gasteiger partial charge in [-0.1, -0.05) is 54.1 Å². The number of hydrogen-bond acceptors (Lipinski definition) is 3. The van der Waals surface area contributed by atoms with Gasteiger partial charge in [0, 0.05) is 17.8 Å². The first-order valence-corrected chi connectivity index (χ1v) is 11.3. The van der Waals surface area contributed by atoms with Gasteiger partial charge in [-0.3, -0.25) is 9.59 Å². The number of carbonyl (C=O) groups is 2. The molecule has 0 unspecified atom stereocenters. The summed E-state index contributed by atoms with van der Waals surface area (Å²) in [6.45, 7) is 0.647. The molecule has 4 rings (SSSR count). The number of hydrogen-bond donors (Lipinski definition) is 1. The molecule has 7 heteroatoms. The number of nitrogens with one attached hydrogen (secondary N) is 1. The fourth-order valence-electron chi connectivity index (χ4n) is 3.44. The van der Waals surface area contributed by atoms with Gasteiger partial charge in [0.2, 0.25) is 5.91 Å². The zero-order chi connectivity index (χ0) is 21.8. The molecule has 1 fully saturated rings. The van der Waals surface area contributed by atoms with Crippen molar-refractivity contribution in [3.63, 3.8) is 0 Å². The molecule has 1 heterocycles. The van der Waals surface area contributed by atoms with E-state index in [1.807, 2.05) is 35.2 Å². The summed E-state index contributed by atoms with van der Waals surface area (Å²) in [7, 11) is 0. The van der Waals surface area contributed by atoms with Crippen molar-refractivity contribution in [3.8, 4) is 0 Å². The highest BCUT2D eigenvalue weighted by Crippen LogP contribution is 2.38. The standard InChI is InChI=1S/C24H20ClFN2O2S/c25-20-14-19(10-11-21(20)26)27-23(30)17-6-8-18(9-7-17)24-28(22(29)15-31-24)13-12-16-4-2-1-3-5-16/h1-11,14,24H,12-13,15H2,(H,27,30)/t24-/m1/s1. The van der Waals surface area contributed by atoms with Crippen molar-refractivity contribution in [1.29, 1.82) is 0 Å². The molecule has 1 atom stereocenters. The Balaban J connectivity index is 1.43. The average Bonchev–Trinajstić information content (AvgIpc) is 3.16. The Morgan fingerprint density at radius 2 is 1.84 bits per heavy atom. The number of halogens is 2. The Bertz CT molecular complexity index is 1090. The van der Waals surface area contributed by atoms with Gasteiger partial charge in [-0.05, 0) is 47.9 Å². The number of thioether (sulfide) groups is 1. The second kappa shape index (κ2) is 9.54. The number of anilines is 1. The predicted molar refractivity (Wildman–Crippen MR) is 123 cm³/mol. The zero-order valence-electron chi connectivity index (χ0n) is 16.6. The lowest BCUT2D eigenvalue weighted by Crippen LogP contribution is -2.30. The summed E-state index contributed by atoms with van der Waals surface area (Å²) in [4.78, 5) is 26.8. The van der Waals surface area contributed by atoms with E-state index in [1.54, 1.807) is 23.9 Å². The maximum absolute atomic E-state index is 13.3. The Morgan fingerprint density at radius 1 is 1.10 bits per heavy atom. The molecular formula is C24H20ClFN2O2S. The summed E-state index contributed by atoms with van der Waals surface area (Å²) in [6.07, 6.45) is 0.796. The van der Waals surface area contributed by atoms with Gasteiger partial charge in [-0.25, -0.2) is 4.39 Å². The van der Waals surface area contributed by atoms with Crippen LogP contribution in [0.1, 0.15) is 26.9 Å². The molecule has 2 amide bonds. The summed E-state index contributed by atoms with van der Waals surface area (Å²) >= 11 is 7.36. The first-order chi connectivity index (χ1) is 15.0. The van der Waals surface area contributed by atoms with Gasteiger partial charge >= 0.3 is 0 Å². The molecule has 0 spiro atoms. The highest BCUT2D eigenvalue weighted by molar-refractivity contribution is 8.00. The molecule has 1 N–H and O–H groups in total. The van der Waals surface area contributed by atoms with Gasteiger partial charge in [0.05, 0.1) is 10.8 Å². The van der Waals surface area contributed by atoms with E-state index in [1.165, 1.54) is 23.8 Å². The minimum atomic E-state index is -0.538. The fourth-order valence-corrected chi connectivity index (χ4v) is 4.84. The number of rotatable bonds is 6. The molecule has 0 aliphatic carbocycles. The van der Waals surface area contributed by atoms with E-state index in [0.29, 0.717) is 23.5 Å². The summed E-state index contributed by atoms with van der Waals surface area (Å²) < 4.78 is 13.3. The smallest absolute Gasteiger partial charge is 0.255 e. The molecule has 158 valence electrons. The summed E-state index contributed by atoms with van der Waals surface area (Å²) in [5.41, 5.74) is 3.06. The van der Waals surface area contributed by atoms with Crippen molar-refractivity contribution < 1.29 is 14.0 Å². The van der Waals surface area contributed by atoms with Gasteiger partial charge in [0.15, 0.2) is 0 Å². The molecule has 3 aromatic carbocycles. The second-order valence-electron chi connectivity index (χ2n) is 7.19. The van der Waals surface area contributed by atoms with Crippen molar-refractivity contribution in [3.05, 3.63) is 100 Å². The number of nitrogens with zero attached hydrogens (tertiary/aromatic N) is 1. The Morgan fingerprint density at radius 3 is 2.55 bits per heavy atom. The Hall–Kier alpha value is -2.83. The van der Waals surface area contributed by atoms with Crippen LogP contribution in [-0.4, -0.2) is 29.0 Å². The topological polar surface area (TPSA) is 49.4 Å². The molecular weight excluding hydrogens is 435 g/mol. The molecule has 31 heavy (non-hydrogen) atoms. The van der Waals surface area contributed by atoms with Crippen LogP contribution in [0.15, 0.2) is 72.8 Å². The lowest BCUT2D eigenvalue weighted by molar-refractivity contribution is -0.128. The fraction of sp³-hybridized carbons (Fsp3) is 0.167. The van der Waals surface area contributed by atoms with E-state index in [4.69, 9.17) is 11.6 Å². The van der Waals surface area contributed by atoms with Crippen LogP contribution >= 0.6 is 23.4 Å². The van der Waals surface area contributed by atoms with Crippen LogP contribution in [-0.2, 0) is 11.2 Å². The third-order valence-electron chi connectivity index (χ3n) is 5.09. The van der Waals surface area contributed by atoms with Crippen LogP contribution in [0.25, 0.3) is 0 Å². The molecule has 1 saturated heterocycles. The minimum absolute atomic E-state index is 0.0494. The summed E-state index contributed by atoms with van der Waals surface area (Å²) in [5.74, 6) is -0.275. The Kier molecular flexibility index (Phi) is 6.59. The maximum Gasteiger partial charge on any atom is 0.255 e. The third kappa shape index (κ3) is 5.09. The average molecular weight is 455 g/mol. The molecule has 0 bridgehead atoms. The number of carbonyl (C=O) groups excluding carboxylic acids is 2. The molecule has 0 aromatic heterocycles. The highest BCUT2D eigenvalue weighted by atomic mass is 35.5. The number of benzene rings is 3. The van der Waals surface area contributed by atoms with E-state index >= 15 is 0 Å². The van der Waals surface area contributed by atoms with Crippen LogP contribution in [0.5, 0.6) is 0 Å². The maximum atomic E-state index is 13.3. The molecule has 1 aliphatic rings. The van der Waals surface area contributed by atoms with Crippen molar-refractivity contribution in [2.24, 2.45) is 0 Å². The second-order valence-corrected chi connectivity index (χ2v) is 8.67. The summed E-state index contributed by atoms with van der Waals surface area (Å²) in [5, 5.41) is 2.59. The van der Waals surface area contributed by atoms with E-state index in [2.05, 4.69) is 17.4 Å². The van der Waals surface area contributed by atoms with E-state index in [0.717, 1.165) is 12.0 Å². The van der Waals surface area contributed by atoms with Crippen LogP contribution < -0.4 is 5.32 Å². The Labute approximate surface area is 189 Å². The van der Waals surface area contributed by atoms with E-state index < -0.39 is 5.82 Å². The summed E-state index contributed by atoms with van der Waals surface area (Å²) in [6, 6.07) is 21.3. The third-order valence-corrected chi connectivity index (χ3v) is 6.63. The van der Waals surface area contributed by atoms with E-state index in [-0.39, 0.29) is 22.2 Å². The monoisotopic (exact) mass is 454 g/mol. The minimum Gasteiger partial charge on any atom is -0.326 e. The van der Waals surface area contributed by atoms with Crippen LogP contribution in [0, 0.1) is 5.82 Å². The zero-order valence-corrected chi connectivity index (χ0v) is 18.1. The lowest BCUT2D eigenvalue weighted by atomic mass is 10.1. The molecule has 1 aliphatic heterocycles. The van der Waals surface area contributed by atoms with Gasteiger partial charge in [0.25, 0.3) is 5.91 Å². The molecule has 0 saturated carbocycles. The van der Waals surface area contributed by atoms with Gasteiger partial charge < -0.3 is 10.2 Å². The molecule has 3 aromatic rings. The van der Waals surface area contributed by atoms with E-state index in [9.17, 15) is 14.0 Å². The van der Waals surface area contributed by atoms with Gasteiger partial charge in [-0.15, -0.1) is 11.8 Å². The van der Waals surface area contributed by atoms with Crippen LogP contribution in [0.4, 0.5) is 10.1 Å². The van der Waals surface area contributed by atoms with Crippen molar-refractivity contribution in [2.75, 3.05) is 17.6 Å². The first kappa shape index (κ1) is 21.4. The largest absolute Gasteiger partial charge is 0.326 e. The normalized spacial score (nSPS) is 15.9. The first-order valence-electron chi connectivity index (χ1n) is 9.82. The lowest BCUT2D eigenvalue weighted by Gasteiger charge is -2.24. The van der Waals surface area contributed by atoms with Gasteiger partial charge in [0.1, 0.15) is 11.2 Å². The van der Waals surface area contributed by atoms with Crippen molar-refractivity contribution in [2.45, 2.75) is 11.8 Å². The molecule has 4 nitrogen and oxygen atoms in total. The van der Waals surface area contributed by atoms with Crippen LogP contribution in [0.2, 0.25) is 5.02 Å². The highest BCUT2D eigenvalue weighted by Gasteiger charge is 2.32. The van der Waals surface area contributed by atoms with Crippen molar-refractivity contribution >= 4 is 40.9 Å². The predicted octanol–water partition coefficient (Wildman–Crippen LogP) is 5.55.